The van der Waals surface area contributed by atoms with Crippen LogP contribution in [0.25, 0.3) is 11.0 Å². The zero-order valence-electron chi connectivity index (χ0n) is 16.7. The lowest BCUT2D eigenvalue weighted by molar-refractivity contribution is -0.122. The third-order valence-electron chi connectivity index (χ3n) is 4.65. The molecule has 1 amide bonds. The molecule has 3 aromatic rings. The first-order valence-electron chi connectivity index (χ1n) is 9.49. The summed E-state index contributed by atoms with van der Waals surface area (Å²) in [5, 5.41) is 3.80. The molecule has 5 nitrogen and oxygen atoms in total. The van der Waals surface area contributed by atoms with Crippen molar-refractivity contribution in [3.05, 3.63) is 69.6 Å². The van der Waals surface area contributed by atoms with Crippen molar-refractivity contribution in [2.24, 2.45) is 0 Å². The molecule has 5 heteroatoms. The average Bonchev–Trinajstić information content (AvgIpc) is 2.64. The highest BCUT2D eigenvalue weighted by Gasteiger charge is 2.17. The molecule has 0 bridgehead atoms. The molecule has 0 fully saturated rings. The molecule has 28 heavy (non-hydrogen) atoms. The molecule has 1 heterocycles. The Balaban J connectivity index is 1.78. The second kappa shape index (κ2) is 8.30. The van der Waals surface area contributed by atoms with Gasteiger partial charge in [-0.1, -0.05) is 25.5 Å². The molecule has 1 atom stereocenters. The Bertz CT molecular complexity index is 1070. The summed E-state index contributed by atoms with van der Waals surface area (Å²) in [6.07, 6.45) is 1.03. The zero-order valence-corrected chi connectivity index (χ0v) is 16.7. The summed E-state index contributed by atoms with van der Waals surface area (Å²) in [5.41, 5.74) is 3.88. The van der Waals surface area contributed by atoms with Crippen LogP contribution in [0.1, 0.15) is 37.0 Å². The second-order valence-corrected chi connectivity index (χ2v) is 7.07. The maximum atomic E-state index is 12.5. The van der Waals surface area contributed by atoms with Gasteiger partial charge >= 0.3 is 5.63 Å². The van der Waals surface area contributed by atoms with Crippen molar-refractivity contribution < 1.29 is 13.9 Å². The summed E-state index contributed by atoms with van der Waals surface area (Å²) >= 11 is 0. The molecule has 1 aromatic heterocycles. The predicted octanol–water partition coefficient (Wildman–Crippen LogP) is 4.77. The van der Waals surface area contributed by atoms with E-state index in [-0.39, 0.29) is 11.5 Å². The molecule has 0 saturated carbocycles. The Labute approximate surface area is 164 Å². The van der Waals surface area contributed by atoms with Crippen LogP contribution in [0.4, 0.5) is 5.69 Å². The van der Waals surface area contributed by atoms with E-state index < -0.39 is 6.10 Å². The van der Waals surface area contributed by atoms with Crippen molar-refractivity contribution in [2.45, 2.75) is 46.6 Å². The van der Waals surface area contributed by atoms with Crippen LogP contribution >= 0.6 is 0 Å². The fourth-order valence-corrected chi connectivity index (χ4v) is 3.12. The minimum absolute atomic E-state index is 0.241. The minimum atomic E-state index is -0.706. The fraction of sp³-hybridized carbons (Fsp3) is 0.304. The maximum absolute atomic E-state index is 12.5. The lowest BCUT2D eigenvalue weighted by atomic mass is 10.1. The number of benzene rings is 2. The van der Waals surface area contributed by atoms with E-state index in [4.69, 9.17) is 9.15 Å². The van der Waals surface area contributed by atoms with Crippen LogP contribution < -0.4 is 15.7 Å². The number of amides is 1. The first kappa shape index (κ1) is 19.7. The van der Waals surface area contributed by atoms with E-state index in [1.54, 1.807) is 19.1 Å². The number of rotatable bonds is 6. The van der Waals surface area contributed by atoms with Crippen LogP contribution in [0.2, 0.25) is 0 Å². The molecule has 0 radical (unpaired) electrons. The van der Waals surface area contributed by atoms with Gasteiger partial charge in [-0.3, -0.25) is 4.79 Å². The summed E-state index contributed by atoms with van der Waals surface area (Å²) < 4.78 is 11.1. The number of ether oxygens (including phenoxy) is 1. The Morgan fingerprint density at radius 2 is 1.93 bits per heavy atom. The van der Waals surface area contributed by atoms with Gasteiger partial charge in [0.05, 0.1) is 0 Å². The van der Waals surface area contributed by atoms with Gasteiger partial charge in [0.2, 0.25) is 0 Å². The number of nitrogens with one attached hydrogen (secondary N) is 1. The van der Waals surface area contributed by atoms with Gasteiger partial charge in [-0.2, -0.15) is 0 Å². The third-order valence-corrected chi connectivity index (χ3v) is 4.65. The van der Waals surface area contributed by atoms with Crippen molar-refractivity contribution in [1.82, 2.24) is 0 Å². The normalized spacial score (nSPS) is 12.0. The minimum Gasteiger partial charge on any atom is -0.481 e. The monoisotopic (exact) mass is 379 g/mol. The van der Waals surface area contributed by atoms with Gasteiger partial charge in [-0.05, 0) is 62.1 Å². The molecule has 0 aliphatic heterocycles. The van der Waals surface area contributed by atoms with E-state index in [0.29, 0.717) is 11.3 Å². The number of carbonyl (C=O) groups excluding carboxylic acids is 1. The van der Waals surface area contributed by atoms with E-state index in [0.717, 1.165) is 40.6 Å². The summed E-state index contributed by atoms with van der Waals surface area (Å²) in [6.45, 7) is 7.67. The number of fused-ring (bicyclic) bond motifs is 1. The molecular formula is C23H25NO4. The predicted molar refractivity (Wildman–Crippen MR) is 111 cm³/mol. The van der Waals surface area contributed by atoms with Gasteiger partial charge < -0.3 is 14.5 Å². The number of carbonyl (C=O) groups is 1. The third kappa shape index (κ3) is 4.42. The fourth-order valence-electron chi connectivity index (χ4n) is 3.12. The molecule has 0 saturated heterocycles. The zero-order chi connectivity index (χ0) is 20.3. The van der Waals surface area contributed by atoms with E-state index in [1.165, 1.54) is 6.07 Å². The van der Waals surface area contributed by atoms with Crippen molar-refractivity contribution >= 4 is 22.6 Å². The summed E-state index contributed by atoms with van der Waals surface area (Å²) in [5.74, 6) is 0.239. The molecule has 0 aliphatic carbocycles. The SMILES string of the molecule is CCCc1cc(=O)oc2cc(OC(C)C(=O)Nc3cc(C)ccc3C)ccc12. The number of aryl methyl sites for hydroxylation is 3. The highest BCUT2D eigenvalue weighted by atomic mass is 16.5. The van der Waals surface area contributed by atoms with Crippen LogP contribution in [0, 0.1) is 13.8 Å². The summed E-state index contributed by atoms with van der Waals surface area (Å²) in [7, 11) is 0. The van der Waals surface area contributed by atoms with Crippen LogP contribution in [0.3, 0.4) is 0 Å². The van der Waals surface area contributed by atoms with Gasteiger partial charge in [0.25, 0.3) is 5.91 Å². The second-order valence-electron chi connectivity index (χ2n) is 7.07. The van der Waals surface area contributed by atoms with Crippen LogP contribution in [0.5, 0.6) is 5.75 Å². The molecule has 0 aliphatic rings. The van der Waals surface area contributed by atoms with E-state index in [2.05, 4.69) is 12.2 Å². The lowest BCUT2D eigenvalue weighted by Crippen LogP contribution is -2.30. The first-order chi connectivity index (χ1) is 13.4. The Morgan fingerprint density at radius 3 is 2.68 bits per heavy atom. The molecule has 146 valence electrons. The van der Waals surface area contributed by atoms with Gasteiger partial charge in [0.15, 0.2) is 6.10 Å². The summed E-state index contributed by atoms with van der Waals surface area (Å²) in [4.78, 5) is 24.3. The Kier molecular flexibility index (Phi) is 5.83. The quantitative estimate of drug-likeness (QED) is 0.627. The average molecular weight is 379 g/mol. The topological polar surface area (TPSA) is 68.5 Å². The highest BCUT2D eigenvalue weighted by molar-refractivity contribution is 5.95. The number of anilines is 1. The molecular weight excluding hydrogens is 354 g/mol. The largest absolute Gasteiger partial charge is 0.481 e. The van der Waals surface area contributed by atoms with Crippen molar-refractivity contribution in [1.29, 1.82) is 0 Å². The molecule has 2 aromatic carbocycles. The van der Waals surface area contributed by atoms with Gasteiger partial charge in [-0.25, -0.2) is 4.79 Å². The van der Waals surface area contributed by atoms with Crippen LogP contribution in [-0.2, 0) is 11.2 Å². The van der Waals surface area contributed by atoms with Gasteiger partial charge in [0, 0.05) is 23.2 Å². The van der Waals surface area contributed by atoms with E-state index >= 15 is 0 Å². The maximum Gasteiger partial charge on any atom is 0.336 e. The van der Waals surface area contributed by atoms with Crippen LogP contribution in [0.15, 0.2) is 51.7 Å². The molecule has 1 N–H and O–H groups in total. The Morgan fingerprint density at radius 1 is 1.14 bits per heavy atom. The lowest BCUT2D eigenvalue weighted by Gasteiger charge is -2.16. The summed E-state index contributed by atoms with van der Waals surface area (Å²) in [6, 6.07) is 12.8. The molecule has 1 unspecified atom stereocenters. The van der Waals surface area contributed by atoms with Crippen molar-refractivity contribution in [2.75, 3.05) is 5.32 Å². The number of hydrogen-bond donors (Lipinski definition) is 1. The number of hydrogen-bond acceptors (Lipinski definition) is 4. The van der Waals surface area contributed by atoms with Gasteiger partial charge in [-0.15, -0.1) is 0 Å². The Hall–Kier alpha value is -3.08. The molecule has 0 spiro atoms. The highest BCUT2D eigenvalue weighted by Crippen LogP contribution is 2.24. The van der Waals surface area contributed by atoms with Crippen LogP contribution in [-0.4, -0.2) is 12.0 Å². The van der Waals surface area contributed by atoms with Gasteiger partial charge in [0.1, 0.15) is 11.3 Å². The van der Waals surface area contributed by atoms with Crippen molar-refractivity contribution in [3.8, 4) is 5.75 Å². The standard InChI is InChI=1S/C23H25NO4/c1-5-6-17-12-22(25)28-21-13-18(9-10-19(17)21)27-16(4)23(26)24-20-11-14(2)7-8-15(20)3/h7-13,16H,5-6H2,1-4H3,(H,24,26). The first-order valence-corrected chi connectivity index (χ1v) is 9.49. The van der Waals surface area contributed by atoms with E-state index in [1.807, 2.05) is 38.1 Å². The molecule has 3 rings (SSSR count). The smallest absolute Gasteiger partial charge is 0.336 e. The van der Waals surface area contributed by atoms with E-state index in [9.17, 15) is 9.59 Å². The van der Waals surface area contributed by atoms with Crippen molar-refractivity contribution in [3.63, 3.8) is 0 Å².